The van der Waals surface area contributed by atoms with E-state index < -0.39 is 31.3 Å². The average Bonchev–Trinajstić information content (AvgIpc) is 2.22. The van der Waals surface area contributed by atoms with Crippen LogP contribution in [0.5, 0.6) is 0 Å². The zero-order chi connectivity index (χ0) is 13.5. The van der Waals surface area contributed by atoms with Crippen molar-refractivity contribution in [3.63, 3.8) is 0 Å². The molecule has 0 aromatic heterocycles. The van der Waals surface area contributed by atoms with Gasteiger partial charge in [-0.2, -0.15) is 13.2 Å². The first-order valence-electron chi connectivity index (χ1n) is 4.49. The van der Waals surface area contributed by atoms with Gasteiger partial charge in [0.05, 0.1) is 0 Å². The van der Waals surface area contributed by atoms with Crippen molar-refractivity contribution in [1.29, 1.82) is 0 Å². The van der Waals surface area contributed by atoms with E-state index in [9.17, 15) is 22.8 Å². The second-order valence-corrected chi connectivity index (χ2v) is 2.85. The van der Waals surface area contributed by atoms with Crippen molar-refractivity contribution in [2.45, 2.75) is 13.1 Å². The number of hydrogen-bond acceptors (Lipinski definition) is 4. The molecule has 0 heterocycles. The highest BCUT2D eigenvalue weighted by Gasteiger charge is 2.40. The van der Waals surface area contributed by atoms with Gasteiger partial charge in [-0.1, -0.05) is 18.7 Å². The zero-order valence-electron chi connectivity index (χ0n) is 9.04. The molecule has 0 N–H and O–H groups in total. The Kier molecular flexibility index (Phi) is 6.01. The second kappa shape index (κ2) is 6.72. The predicted molar refractivity (Wildman–Crippen MR) is 51.9 cm³/mol. The molecule has 17 heavy (non-hydrogen) atoms. The summed E-state index contributed by atoms with van der Waals surface area (Å²) >= 11 is 0. The Morgan fingerprint density at radius 3 is 2.24 bits per heavy atom. The van der Waals surface area contributed by atoms with Gasteiger partial charge in [0.15, 0.2) is 0 Å². The van der Waals surface area contributed by atoms with Crippen LogP contribution in [0.2, 0.25) is 0 Å². The number of allylic oxidation sites excluding steroid dienone is 2. The van der Waals surface area contributed by atoms with Gasteiger partial charge in [-0.05, 0) is 6.92 Å². The van der Waals surface area contributed by atoms with Crippen molar-refractivity contribution in [2.75, 3.05) is 13.2 Å². The van der Waals surface area contributed by atoms with Crippen LogP contribution in [0.15, 0.2) is 24.3 Å². The lowest BCUT2D eigenvalue weighted by molar-refractivity contribution is -0.200. The van der Waals surface area contributed by atoms with E-state index in [0.29, 0.717) is 0 Å². The van der Waals surface area contributed by atoms with Gasteiger partial charge >= 0.3 is 18.1 Å². The van der Waals surface area contributed by atoms with Crippen LogP contribution in [0, 0.1) is 0 Å². The van der Waals surface area contributed by atoms with E-state index in [0.717, 1.165) is 0 Å². The third-order valence-corrected chi connectivity index (χ3v) is 1.47. The first-order valence-corrected chi connectivity index (χ1v) is 4.49. The minimum absolute atomic E-state index is 0.238. The van der Waals surface area contributed by atoms with Crippen LogP contribution in [0.1, 0.15) is 6.92 Å². The Balaban J connectivity index is 3.87. The predicted octanol–water partition coefficient (Wildman–Crippen LogP) is 1.77. The van der Waals surface area contributed by atoms with Gasteiger partial charge in [-0.15, -0.1) is 0 Å². The molecule has 0 amide bonds. The van der Waals surface area contributed by atoms with Gasteiger partial charge in [0.2, 0.25) is 0 Å². The number of carbonyl (C=O) groups excluding carboxylic acids is 2. The molecule has 7 heteroatoms. The number of esters is 2. The molecular weight excluding hydrogens is 241 g/mol. The van der Waals surface area contributed by atoms with Gasteiger partial charge < -0.3 is 9.47 Å². The number of rotatable bonds is 5. The molecule has 0 saturated heterocycles. The molecular formula is C10H11F3O4. The third-order valence-electron chi connectivity index (χ3n) is 1.47. The summed E-state index contributed by atoms with van der Waals surface area (Å²) in [6.07, 6.45) is -2.30. The fourth-order valence-electron chi connectivity index (χ4n) is 0.709. The summed E-state index contributed by atoms with van der Waals surface area (Å²) in [4.78, 5) is 21.3. The highest BCUT2D eigenvalue weighted by Crippen LogP contribution is 2.16. The maximum Gasteiger partial charge on any atom is 0.490 e. The van der Waals surface area contributed by atoms with Crippen LogP contribution in [-0.4, -0.2) is 31.3 Å². The molecule has 0 aliphatic rings. The van der Waals surface area contributed by atoms with Crippen molar-refractivity contribution in [1.82, 2.24) is 0 Å². The van der Waals surface area contributed by atoms with Crippen molar-refractivity contribution >= 4 is 11.9 Å². The number of hydrogen-bond donors (Lipinski definition) is 0. The Hall–Kier alpha value is -1.79. The van der Waals surface area contributed by atoms with Crippen molar-refractivity contribution in [2.24, 2.45) is 0 Å². The topological polar surface area (TPSA) is 52.6 Å². The standard InChI is InChI=1S/C10H11F3O4/c1-3-4-7(2)8(14)16-5-6-17-9(15)10(11,12)13/h3-4H,1,5-6H2,2H3/b7-4+. The van der Waals surface area contributed by atoms with Crippen molar-refractivity contribution in [3.8, 4) is 0 Å². The Morgan fingerprint density at radius 2 is 1.76 bits per heavy atom. The first-order chi connectivity index (χ1) is 7.79. The molecule has 0 atom stereocenters. The second-order valence-electron chi connectivity index (χ2n) is 2.85. The van der Waals surface area contributed by atoms with Crippen LogP contribution < -0.4 is 0 Å². The SMILES string of the molecule is C=C/C=C(\C)C(=O)OCCOC(=O)C(F)(F)F. The fraction of sp³-hybridized carbons (Fsp3) is 0.400. The van der Waals surface area contributed by atoms with E-state index in [2.05, 4.69) is 16.1 Å². The van der Waals surface area contributed by atoms with Gasteiger partial charge in [0, 0.05) is 5.57 Å². The van der Waals surface area contributed by atoms with Gasteiger partial charge in [0.25, 0.3) is 0 Å². The summed E-state index contributed by atoms with van der Waals surface area (Å²) in [5.41, 5.74) is 0.238. The van der Waals surface area contributed by atoms with Crippen LogP contribution in [0.25, 0.3) is 0 Å². The molecule has 0 bridgehead atoms. The van der Waals surface area contributed by atoms with Gasteiger partial charge in [0.1, 0.15) is 13.2 Å². The summed E-state index contributed by atoms with van der Waals surface area (Å²) in [7, 11) is 0. The lowest BCUT2D eigenvalue weighted by Crippen LogP contribution is -2.27. The Morgan fingerprint density at radius 1 is 1.24 bits per heavy atom. The maximum atomic E-state index is 11.7. The van der Waals surface area contributed by atoms with Crippen LogP contribution in [0.4, 0.5) is 13.2 Å². The molecule has 96 valence electrons. The lowest BCUT2D eigenvalue weighted by Gasteiger charge is -2.07. The van der Waals surface area contributed by atoms with E-state index in [1.54, 1.807) is 0 Å². The minimum Gasteiger partial charge on any atom is -0.459 e. The van der Waals surface area contributed by atoms with Crippen molar-refractivity contribution < 1.29 is 32.2 Å². The molecule has 0 aromatic rings. The normalized spacial score (nSPS) is 11.9. The zero-order valence-corrected chi connectivity index (χ0v) is 9.04. The monoisotopic (exact) mass is 252 g/mol. The molecule has 0 rings (SSSR count). The molecule has 0 fully saturated rings. The van der Waals surface area contributed by atoms with Crippen LogP contribution in [0.3, 0.4) is 0 Å². The highest BCUT2D eigenvalue weighted by atomic mass is 19.4. The number of halogens is 3. The molecule has 0 aliphatic carbocycles. The first kappa shape index (κ1) is 15.2. The largest absolute Gasteiger partial charge is 0.490 e. The number of alkyl halides is 3. The third kappa shape index (κ3) is 6.39. The summed E-state index contributed by atoms with van der Waals surface area (Å²) in [6, 6.07) is 0. The smallest absolute Gasteiger partial charge is 0.459 e. The summed E-state index contributed by atoms with van der Waals surface area (Å²) in [5, 5.41) is 0. The van der Waals surface area contributed by atoms with E-state index in [1.807, 2.05) is 0 Å². The fourth-order valence-corrected chi connectivity index (χ4v) is 0.709. The highest BCUT2D eigenvalue weighted by molar-refractivity contribution is 5.88. The minimum atomic E-state index is -5.04. The van der Waals surface area contributed by atoms with Crippen molar-refractivity contribution in [3.05, 3.63) is 24.3 Å². The van der Waals surface area contributed by atoms with E-state index in [1.165, 1.54) is 19.1 Å². The van der Waals surface area contributed by atoms with Crippen LogP contribution >= 0.6 is 0 Å². The van der Waals surface area contributed by atoms with E-state index in [4.69, 9.17) is 0 Å². The summed E-state index contributed by atoms with van der Waals surface area (Å²) in [6.45, 7) is 3.71. The summed E-state index contributed by atoms with van der Waals surface area (Å²) < 4.78 is 43.3. The Labute approximate surface area is 95.7 Å². The lowest BCUT2D eigenvalue weighted by atomic mass is 10.3. The van der Waals surface area contributed by atoms with Gasteiger partial charge in [-0.25, -0.2) is 9.59 Å². The molecule has 0 saturated carbocycles. The molecule has 4 nitrogen and oxygen atoms in total. The Bertz CT molecular complexity index is 331. The molecule has 0 spiro atoms. The van der Waals surface area contributed by atoms with E-state index in [-0.39, 0.29) is 5.57 Å². The molecule has 0 radical (unpaired) electrons. The maximum absolute atomic E-state index is 11.7. The van der Waals surface area contributed by atoms with E-state index >= 15 is 0 Å². The number of carbonyl (C=O) groups is 2. The molecule has 0 aliphatic heterocycles. The number of ether oxygens (including phenoxy) is 2. The molecule has 0 aromatic carbocycles. The van der Waals surface area contributed by atoms with Gasteiger partial charge in [-0.3, -0.25) is 0 Å². The quantitative estimate of drug-likeness (QED) is 0.324. The summed E-state index contributed by atoms with van der Waals surface area (Å²) in [5.74, 6) is -3.03. The molecule has 0 unspecified atom stereocenters. The van der Waals surface area contributed by atoms with Crippen LogP contribution in [-0.2, 0) is 19.1 Å². The average molecular weight is 252 g/mol.